The van der Waals surface area contributed by atoms with Crippen molar-refractivity contribution in [3.63, 3.8) is 0 Å². The molecule has 2 bridgehead atoms. The number of hydrogen-bond acceptors (Lipinski definition) is 6. The Bertz CT molecular complexity index is 683. The van der Waals surface area contributed by atoms with Gasteiger partial charge in [-0.2, -0.15) is 13.2 Å². The normalized spacial score (nSPS) is 27.6. The SMILES string of the molecule is CCCCCC(C)C(=O)O[C@]12C[C@@H](CN1)C[C@H]2Nc1ncc(C(F)(F)F)cn1. The molecule has 1 saturated heterocycles. The van der Waals surface area contributed by atoms with E-state index in [0.717, 1.165) is 51.0 Å². The lowest BCUT2D eigenvalue weighted by molar-refractivity contribution is -0.167. The molecule has 1 aliphatic heterocycles. The minimum absolute atomic E-state index is 0.0961. The zero-order chi connectivity index (χ0) is 20.4. The van der Waals surface area contributed by atoms with Crippen LogP contribution < -0.4 is 10.6 Å². The molecule has 0 radical (unpaired) electrons. The molecule has 3 rings (SSSR count). The zero-order valence-corrected chi connectivity index (χ0v) is 16.2. The van der Waals surface area contributed by atoms with E-state index >= 15 is 0 Å². The van der Waals surface area contributed by atoms with Gasteiger partial charge in [-0.15, -0.1) is 0 Å². The van der Waals surface area contributed by atoms with Gasteiger partial charge in [0.25, 0.3) is 0 Å². The van der Waals surface area contributed by atoms with Crippen molar-refractivity contribution in [2.24, 2.45) is 11.8 Å². The highest BCUT2D eigenvalue weighted by Gasteiger charge is 2.55. The number of ether oxygens (including phenoxy) is 1. The van der Waals surface area contributed by atoms with Crippen LogP contribution in [-0.4, -0.2) is 34.2 Å². The summed E-state index contributed by atoms with van der Waals surface area (Å²) < 4.78 is 43.9. The number of alkyl halides is 3. The summed E-state index contributed by atoms with van der Waals surface area (Å²) in [7, 11) is 0. The summed E-state index contributed by atoms with van der Waals surface area (Å²) in [5.74, 6) is 0.00514. The van der Waals surface area contributed by atoms with Crippen molar-refractivity contribution >= 4 is 11.9 Å². The molecule has 2 aliphatic rings. The van der Waals surface area contributed by atoms with Crippen molar-refractivity contribution in [1.29, 1.82) is 0 Å². The Morgan fingerprint density at radius 1 is 1.39 bits per heavy atom. The third-order valence-electron chi connectivity index (χ3n) is 5.62. The van der Waals surface area contributed by atoms with Crippen LogP contribution >= 0.6 is 0 Å². The van der Waals surface area contributed by atoms with Crippen LogP contribution in [0.15, 0.2) is 12.4 Å². The van der Waals surface area contributed by atoms with Gasteiger partial charge in [0, 0.05) is 25.4 Å². The third kappa shape index (κ3) is 4.56. The molecule has 1 unspecified atom stereocenters. The van der Waals surface area contributed by atoms with E-state index in [1.165, 1.54) is 0 Å². The van der Waals surface area contributed by atoms with Crippen molar-refractivity contribution < 1.29 is 22.7 Å². The number of unbranched alkanes of at least 4 members (excludes halogenated alkanes) is 2. The first-order chi connectivity index (χ1) is 13.2. The molecule has 2 N–H and O–H groups in total. The van der Waals surface area contributed by atoms with Gasteiger partial charge >= 0.3 is 12.1 Å². The van der Waals surface area contributed by atoms with Crippen LogP contribution in [0.2, 0.25) is 0 Å². The summed E-state index contributed by atoms with van der Waals surface area (Å²) in [5.41, 5.74) is -1.75. The molecule has 0 amide bonds. The van der Waals surface area contributed by atoms with Crippen molar-refractivity contribution in [3.8, 4) is 0 Å². The maximum absolute atomic E-state index is 12.7. The molecule has 9 heteroatoms. The minimum Gasteiger partial charge on any atom is -0.441 e. The van der Waals surface area contributed by atoms with Gasteiger partial charge < -0.3 is 10.1 Å². The van der Waals surface area contributed by atoms with Gasteiger partial charge in [0.1, 0.15) is 0 Å². The Morgan fingerprint density at radius 3 is 2.71 bits per heavy atom. The monoisotopic (exact) mass is 400 g/mol. The molecule has 0 spiro atoms. The highest BCUT2D eigenvalue weighted by Crippen LogP contribution is 2.42. The molecule has 6 nitrogen and oxygen atoms in total. The molecule has 2 heterocycles. The lowest BCUT2D eigenvalue weighted by atomic mass is 10.0. The molecule has 28 heavy (non-hydrogen) atoms. The molecular weight excluding hydrogens is 373 g/mol. The first-order valence-electron chi connectivity index (χ1n) is 9.87. The van der Waals surface area contributed by atoms with Crippen LogP contribution in [0.1, 0.15) is 57.9 Å². The number of carbonyl (C=O) groups is 1. The van der Waals surface area contributed by atoms with E-state index in [1.807, 2.05) is 6.92 Å². The molecule has 156 valence electrons. The van der Waals surface area contributed by atoms with Crippen molar-refractivity contribution in [3.05, 3.63) is 18.0 Å². The number of aromatic nitrogens is 2. The van der Waals surface area contributed by atoms with Gasteiger partial charge in [-0.1, -0.05) is 33.1 Å². The average Bonchev–Trinajstić information content (AvgIpc) is 3.19. The van der Waals surface area contributed by atoms with Crippen molar-refractivity contribution in [2.75, 3.05) is 11.9 Å². The van der Waals surface area contributed by atoms with Crippen molar-refractivity contribution in [2.45, 2.75) is 70.3 Å². The fourth-order valence-electron chi connectivity index (χ4n) is 3.97. The largest absolute Gasteiger partial charge is 0.441 e. The number of rotatable bonds is 8. The number of fused-ring (bicyclic) bond motifs is 2. The summed E-state index contributed by atoms with van der Waals surface area (Å²) in [5, 5.41) is 6.35. The Balaban J connectivity index is 1.64. The number of anilines is 1. The van der Waals surface area contributed by atoms with Gasteiger partial charge in [-0.3, -0.25) is 10.1 Å². The van der Waals surface area contributed by atoms with E-state index in [2.05, 4.69) is 27.5 Å². The van der Waals surface area contributed by atoms with E-state index < -0.39 is 17.5 Å². The predicted octanol–water partition coefficient (Wildman–Crippen LogP) is 3.75. The number of piperidine rings is 1. The second kappa shape index (κ2) is 8.23. The number of esters is 1. The number of hydrogen-bond donors (Lipinski definition) is 2. The fraction of sp³-hybridized carbons (Fsp3) is 0.737. The number of halogens is 3. The summed E-state index contributed by atoms with van der Waals surface area (Å²) in [4.78, 5) is 20.1. The minimum atomic E-state index is -4.48. The second-order valence-electron chi connectivity index (χ2n) is 7.88. The molecule has 1 aromatic rings. The quantitative estimate of drug-likeness (QED) is 0.511. The van der Waals surface area contributed by atoms with E-state index in [0.29, 0.717) is 12.3 Å². The van der Waals surface area contributed by atoms with Crippen LogP contribution in [0, 0.1) is 11.8 Å². The second-order valence-corrected chi connectivity index (χ2v) is 7.88. The van der Waals surface area contributed by atoms with E-state index in [4.69, 9.17) is 4.74 Å². The summed E-state index contributed by atoms with van der Waals surface area (Å²) in [6, 6.07) is -0.283. The van der Waals surface area contributed by atoms with Gasteiger partial charge in [-0.25, -0.2) is 9.97 Å². The molecule has 1 aliphatic carbocycles. The number of nitrogens with one attached hydrogen (secondary N) is 2. The van der Waals surface area contributed by atoms with Crippen LogP contribution in [0.25, 0.3) is 0 Å². The molecule has 2 fully saturated rings. The summed E-state index contributed by atoms with van der Waals surface area (Å²) in [6.07, 6.45) is 2.40. The first kappa shape index (κ1) is 20.8. The van der Waals surface area contributed by atoms with Gasteiger partial charge in [-0.05, 0) is 18.8 Å². The van der Waals surface area contributed by atoms with Gasteiger partial charge in [0.05, 0.1) is 17.5 Å². The van der Waals surface area contributed by atoms with E-state index in [9.17, 15) is 18.0 Å². The van der Waals surface area contributed by atoms with Crippen LogP contribution in [-0.2, 0) is 15.7 Å². The smallest absolute Gasteiger partial charge is 0.419 e. The van der Waals surface area contributed by atoms with Crippen LogP contribution in [0.3, 0.4) is 0 Å². The molecule has 0 aromatic carbocycles. The lowest BCUT2D eigenvalue weighted by Gasteiger charge is -2.36. The van der Waals surface area contributed by atoms with Gasteiger partial charge in [0.2, 0.25) is 5.95 Å². The zero-order valence-electron chi connectivity index (χ0n) is 16.2. The third-order valence-corrected chi connectivity index (χ3v) is 5.62. The lowest BCUT2D eigenvalue weighted by Crippen LogP contribution is -2.57. The molecule has 4 atom stereocenters. The maximum Gasteiger partial charge on any atom is 0.419 e. The van der Waals surface area contributed by atoms with Crippen LogP contribution in [0.5, 0.6) is 0 Å². The molecule has 1 saturated carbocycles. The van der Waals surface area contributed by atoms with Crippen LogP contribution in [0.4, 0.5) is 19.1 Å². The topological polar surface area (TPSA) is 76.1 Å². The Labute approximate surface area is 162 Å². The Hall–Kier alpha value is -1.90. The highest BCUT2D eigenvalue weighted by molar-refractivity contribution is 5.72. The predicted molar refractivity (Wildman–Crippen MR) is 97.3 cm³/mol. The number of nitrogens with zero attached hydrogens (tertiary/aromatic N) is 2. The van der Waals surface area contributed by atoms with E-state index in [1.54, 1.807) is 0 Å². The standard InChI is InChI=1S/C19H27F3N4O2/c1-3-4-5-6-12(2)16(27)28-18-8-13(9-25-18)7-15(18)26-17-23-10-14(11-24-17)19(20,21)22/h10-13,15,25H,3-9H2,1-2H3,(H,23,24,26)/t12?,13-,15+,18-/m0/s1. The fourth-order valence-corrected chi connectivity index (χ4v) is 3.97. The van der Waals surface area contributed by atoms with Gasteiger partial charge in [0.15, 0.2) is 5.72 Å². The average molecular weight is 400 g/mol. The summed E-state index contributed by atoms with van der Waals surface area (Å²) >= 11 is 0. The first-order valence-corrected chi connectivity index (χ1v) is 9.87. The Kier molecular flexibility index (Phi) is 6.12. The maximum atomic E-state index is 12.7. The molecular formula is C19H27F3N4O2. The number of carbonyl (C=O) groups excluding carboxylic acids is 1. The summed E-state index contributed by atoms with van der Waals surface area (Å²) in [6.45, 7) is 4.74. The Morgan fingerprint density at radius 2 is 2.11 bits per heavy atom. The highest BCUT2D eigenvalue weighted by atomic mass is 19.4. The molecule has 1 aromatic heterocycles. The van der Waals surface area contributed by atoms with E-state index in [-0.39, 0.29) is 23.9 Å². The van der Waals surface area contributed by atoms with Crippen molar-refractivity contribution in [1.82, 2.24) is 15.3 Å².